The lowest BCUT2D eigenvalue weighted by atomic mass is 10.1. The van der Waals surface area contributed by atoms with Gasteiger partial charge in [-0.1, -0.05) is 0 Å². The van der Waals surface area contributed by atoms with Gasteiger partial charge in [-0.25, -0.2) is 9.40 Å². The number of ether oxygens (including phenoxy) is 1. The van der Waals surface area contributed by atoms with Crippen LogP contribution in [0.5, 0.6) is 5.75 Å². The van der Waals surface area contributed by atoms with Crippen molar-refractivity contribution in [1.82, 2.24) is 21.0 Å². The highest BCUT2D eigenvalue weighted by Crippen LogP contribution is 2.27. The summed E-state index contributed by atoms with van der Waals surface area (Å²) in [6, 6.07) is 4.35. The van der Waals surface area contributed by atoms with Crippen molar-refractivity contribution in [3.05, 3.63) is 59.3 Å². The van der Waals surface area contributed by atoms with Gasteiger partial charge in [0.05, 0.1) is 19.9 Å². The molecule has 3 rings (SSSR count). The van der Waals surface area contributed by atoms with Gasteiger partial charge in [-0.15, -0.1) is 0 Å². The predicted molar refractivity (Wildman–Crippen MR) is 104 cm³/mol. The number of dihydropyridines is 1. The van der Waals surface area contributed by atoms with Crippen LogP contribution in [0.25, 0.3) is 5.70 Å². The molecule has 27 heavy (non-hydrogen) atoms. The largest absolute Gasteiger partial charge is 0.496 e. The highest BCUT2D eigenvalue weighted by atomic mass is 32.2. The lowest BCUT2D eigenvalue weighted by Crippen LogP contribution is -2.60. The average Bonchev–Trinajstić information content (AvgIpc) is 2.67. The number of nitrogens with two attached hydrogens (primary N) is 1. The summed E-state index contributed by atoms with van der Waals surface area (Å²) < 4.78 is 32.7. The quantitative estimate of drug-likeness (QED) is 0.333. The Morgan fingerprint density at radius 3 is 2.85 bits per heavy atom. The summed E-state index contributed by atoms with van der Waals surface area (Å²) in [7, 11) is 1.49. The second-order valence-corrected chi connectivity index (χ2v) is 7.00. The van der Waals surface area contributed by atoms with E-state index < -0.39 is 12.1 Å². The number of nitrogens with one attached hydrogen (secondary N) is 3. The molecule has 0 saturated heterocycles. The van der Waals surface area contributed by atoms with Crippen molar-refractivity contribution < 1.29 is 13.5 Å². The summed E-state index contributed by atoms with van der Waals surface area (Å²) >= 11 is 1.61. The maximum Gasteiger partial charge on any atom is 0.188 e. The minimum atomic E-state index is -0.500. The van der Waals surface area contributed by atoms with E-state index in [4.69, 9.17) is 10.6 Å². The van der Waals surface area contributed by atoms with Crippen LogP contribution < -0.4 is 26.5 Å². The van der Waals surface area contributed by atoms with Crippen molar-refractivity contribution in [2.24, 2.45) is 5.84 Å². The lowest BCUT2D eigenvalue weighted by molar-refractivity contribution is 0.139. The van der Waals surface area contributed by atoms with E-state index in [1.807, 2.05) is 18.4 Å². The van der Waals surface area contributed by atoms with Gasteiger partial charge in [-0.05, 0) is 42.2 Å². The number of allylic oxidation sites excluding steroid dienone is 1. The molecule has 0 fully saturated rings. The zero-order valence-electron chi connectivity index (χ0n) is 15.1. The third kappa shape index (κ3) is 4.62. The summed E-state index contributed by atoms with van der Waals surface area (Å²) in [6.07, 6.45) is 6.32. The number of hydrogen-bond donors (Lipinski definition) is 4. The van der Waals surface area contributed by atoms with Gasteiger partial charge in [0.1, 0.15) is 17.7 Å². The normalized spacial score (nSPS) is 22.4. The molecule has 2 unspecified atom stereocenters. The maximum atomic E-state index is 13.9. The second kappa shape index (κ2) is 8.75. The van der Waals surface area contributed by atoms with E-state index in [1.165, 1.54) is 30.3 Å². The molecule has 2 heterocycles. The van der Waals surface area contributed by atoms with Gasteiger partial charge in [-0.2, -0.15) is 16.2 Å². The molecular formula is C18H23F2N5OS. The van der Waals surface area contributed by atoms with Gasteiger partial charge in [0.25, 0.3) is 0 Å². The molecule has 9 heteroatoms. The Morgan fingerprint density at radius 1 is 1.30 bits per heavy atom. The van der Waals surface area contributed by atoms with Crippen molar-refractivity contribution in [2.45, 2.75) is 12.3 Å². The maximum absolute atomic E-state index is 13.9. The van der Waals surface area contributed by atoms with Gasteiger partial charge in [-0.3, -0.25) is 11.2 Å². The van der Waals surface area contributed by atoms with Crippen molar-refractivity contribution in [3.63, 3.8) is 0 Å². The fourth-order valence-corrected chi connectivity index (χ4v) is 3.53. The number of benzene rings is 1. The first-order valence-electron chi connectivity index (χ1n) is 8.41. The molecule has 0 aliphatic carbocycles. The second-order valence-electron chi connectivity index (χ2n) is 6.13. The van der Waals surface area contributed by atoms with E-state index in [-0.39, 0.29) is 12.0 Å². The average molecular weight is 395 g/mol. The van der Waals surface area contributed by atoms with Gasteiger partial charge in [0, 0.05) is 23.1 Å². The van der Waals surface area contributed by atoms with E-state index in [9.17, 15) is 8.78 Å². The van der Waals surface area contributed by atoms with Crippen LogP contribution in [0.2, 0.25) is 0 Å². The summed E-state index contributed by atoms with van der Waals surface area (Å²) in [5.41, 5.74) is 2.35. The summed E-state index contributed by atoms with van der Waals surface area (Å²) in [5, 5.41) is 10.6. The van der Waals surface area contributed by atoms with Crippen molar-refractivity contribution in [2.75, 3.05) is 25.8 Å². The Bertz CT molecular complexity index is 783. The van der Waals surface area contributed by atoms with Gasteiger partial charge < -0.3 is 15.4 Å². The molecule has 5 N–H and O–H groups in total. The third-order valence-electron chi connectivity index (χ3n) is 4.29. The predicted octanol–water partition coefficient (Wildman–Crippen LogP) is 1.86. The summed E-state index contributed by atoms with van der Waals surface area (Å²) in [5.74, 6) is 6.61. The molecule has 0 amide bonds. The lowest BCUT2D eigenvalue weighted by Gasteiger charge is -2.36. The first-order chi connectivity index (χ1) is 13.0. The zero-order chi connectivity index (χ0) is 19.4. The van der Waals surface area contributed by atoms with E-state index in [0.717, 1.165) is 16.8 Å². The van der Waals surface area contributed by atoms with Crippen LogP contribution in [0.1, 0.15) is 5.56 Å². The standard InChI is InChI=1S/C18H23F2N5OS/c1-26-15-7-12(19)3-4-13(15)14-8-17(23-10-22-14)25(21)18-6-11(9-27-2)5-16(20)24-18/h3-8,17-18,22-24H,9-10,21H2,1-2H3. The third-order valence-corrected chi connectivity index (χ3v) is 4.91. The molecule has 0 spiro atoms. The van der Waals surface area contributed by atoms with Crippen LogP contribution in [0.3, 0.4) is 0 Å². The number of rotatable bonds is 6. The van der Waals surface area contributed by atoms with Crippen LogP contribution >= 0.6 is 11.8 Å². The van der Waals surface area contributed by atoms with Crippen LogP contribution in [0, 0.1) is 5.82 Å². The van der Waals surface area contributed by atoms with E-state index in [1.54, 1.807) is 17.8 Å². The Balaban J connectivity index is 1.83. The smallest absolute Gasteiger partial charge is 0.188 e. The monoisotopic (exact) mass is 395 g/mol. The number of halogens is 2. The number of hydrogen-bond acceptors (Lipinski definition) is 7. The minimum absolute atomic E-state index is 0.369. The van der Waals surface area contributed by atoms with Crippen molar-refractivity contribution in [1.29, 1.82) is 0 Å². The molecule has 0 saturated carbocycles. The van der Waals surface area contributed by atoms with E-state index >= 15 is 0 Å². The number of thioether (sulfide) groups is 1. The Labute approximate surface area is 161 Å². The van der Waals surface area contributed by atoms with Crippen LogP contribution in [0.4, 0.5) is 8.78 Å². The first kappa shape index (κ1) is 19.7. The molecule has 0 bridgehead atoms. The number of methoxy groups -OCH3 is 1. The van der Waals surface area contributed by atoms with Crippen molar-refractivity contribution in [3.8, 4) is 5.75 Å². The van der Waals surface area contributed by atoms with Crippen molar-refractivity contribution >= 4 is 17.5 Å². The molecular weight excluding hydrogens is 372 g/mol. The summed E-state index contributed by atoms with van der Waals surface area (Å²) in [6.45, 7) is 0.442. The van der Waals surface area contributed by atoms with E-state index in [0.29, 0.717) is 18.2 Å². The molecule has 6 nitrogen and oxygen atoms in total. The Hall–Kier alpha value is -2.07. The highest BCUT2D eigenvalue weighted by Gasteiger charge is 2.26. The topological polar surface area (TPSA) is 74.6 Å². The van der Waals surface area contributed by atoms with Crippen LogP contribution in [0.15, 0.2) is 48.0 Å². The van der Waals surface area contributed by atoms with Gasteiger partial charge in [0.15, 0.2) is 5.95 Å². The van der Waals surface area contributed by atoms with Gasteiger partial charge >= 0.3 is 0 Å². The SMILES string of the molecule is COc1cc(F)ccc1C1=CC(N(N)C2C=C(CSC)C=C(F)N2)NCN1. The fraction of sp³-hybridized carbons (Fsp3) is 0.333. The molecule has 0 radical (unpaired) electrons. The fourth-order valence-electron chi connectivity index (χ4n) is 3.02. The Morgan fingerprint density at radius 2 is 2.11 bits per heavy atom. The number of nitrogens with zero attached hydrogens (tertiary/aromatic N) is 1. The molecule has 0 aromatic heterocycles. The van der Waals surface area contributed by atoms with Crippen LogP contribution in [-0.2, 0) is 0 Å². The Kier molecular flexibility index (Phi) is 6.38. The molecule has 2 aliphatic heterocycles. The molecule has 2 atom stereocenters. The molecule has 1 aromatic carbocycles. The van der Waals surface area contributed by atoms with E-state index in [2.05, 4.69) is 16.0 Å². The molecule has 2 aliphatic rings. The zero-order valence-corrected chi connectivity index (χ0v) is 15.9. The summed E-state index contributed by atoms with van der Waals surface area (Å²) in [4.78, 5) is 0. The van der Waals surface area contributed by atoms with Gasteiger partial charge in [0.2, 0.25) is 0 Å². The molecule has 146 valence electrons. The highest BCUT2D eigenvalue weighted by molar-refractivity contribution is 7.98. The first-order valence-corrected chi connectivity index (χ1v) is 9.80. The number of hydrazine groups is 1. The minimum Gasteiger partial charge on any atom is -0.496 e. The molecule has 1 aromatic rings. The van der Waals surface area contributed by atoms with Crippen LogP contribution in [-0.4, -0.2) is 43.1 Å².